The number of fused-ring (bicyclic) bond motifs is 1. The van der Waals surface area contributed by atoms with Crippen LogP contribution in [0, 0.1) is 0 Å². The summed E-state index contributed by atoms with van der Waals surface area (Å²) in [5, 5.41) is 1.13. The molecule has 0 aromatic carbocycles. The Morgan fingerprint density at radius 1 is 1.65 bits per heavy atom. The van der Waals surface area contributed by atoms with Gasteiger partial charge in [-0.25, -0.2) is 4.98 Å². The van der Waals surface area contributed by atoms with E-state index in [1.807, 2.05) is 23.1 Å². The van der Waals surface area contributed by atoms with Gasteiger partial charge in [-0.15, -0.1) is 11.3 Å². The van der Waals surface area contributed by atoms with Gasteiger partial charge in [-0.1, -0.05) is 0 Å². The van der Waals surface area contributed by atoms with Crippen LogP contribution in [-0.4, -0.2) is 30.1 Å². The van der Waals surface area contributed by atoms with Crippen molar-refractivity contribution in [2.24, 2.45) is 5.73 Å². The normalized spacial score (nSPS) is 21.1. The third-order valence-electron chi connectivity index (χ3n) is 3.36. The van der Waals surface area contributed by atoms with Crippen molar-refractivity contribution < 1.29 is 0 Å². The third-order valence-corrected chi connectivity index (χ3v) is 5.39. The molecule has 0 bridgehead atoms. The van der Waals surface area contributed by atoms with Crippen LogP contribution in [0.4, 0.5) is 5.13 Å². The van der Waals surface area contributed by atoms with Gasteiger partial charge in [0.25, 0.3) is 0 Å². The summed E-state index contributed by atoms with van der Waals surface area (Å²) < 4.78 is 0. The smallest absolute Gasteiger partial charge is 0.185 e. The van der Waals surface area contributed by atoms with Gasteiger partial charge in [0.1, 0.15) is 0 Å². The molecule has 1 aliphatic carbocycles. The fraction of sp³-hybridized carbons (Fsp3) is 0.750. The van der Waals surface area contributed by atoms with Crippen molar-refractivity contribution in [3.05, 3.63) is 10.6 Å². The number of aromatic nitrogens is 1. The Morgan fingerprint density at radius 2 is 2.41 bits per heavy atom. The highest BCUT2D eigenvalue weighted by Crippen LogP contribution is 2.35. The second kappa shape index (κ2) is 5.59. The Kier molecular flexibility index (Phi) is 4.33. The van der Waals surface area contributed by atoms with Gasteiger partial charge in [-0.05, 0) is 32.4 Å². The molecule has 1 aliphatic rings. The van der Waals surface area contributed by atoms with Gasteiger partial charge in [0.2, 0.25) is 0 Å². The highest BCUT2D eigenvalue weighted by Gasteiger charge is 2.23. The summed E-state index contributed by atoms with van der Waals surface area (Å²) in [6.07, 6.45) is 5.60. The highest BCUT2D eigenvalue weighted by molar-refractivity contribution is 7.98. The molecule has 0 radical (unpaired) electrons. The number of thioether (sulfide) groups is 1. The summed E-state index contributed by atoms with van der Waals surface area (Å²) in [7, 11) is 2.14. The molecule has 2 rings (SSSR count). The van der Waals surface area contributed by atoms with E-state index < -0.39 is 0 Å². The number of thiazole rings is 1. The molecule has 0 saturated carbocycles. The Bertz CT molecular complexity index is 378. The van der Waals surface area contributed by atoms with Crippen LogP contribution in [0.3, 0.4) is 0 Å². The summed E-state index contributed by atoms with van der Waals surface area (Å²) >= 11 is 3.71. The van der Waals surface area contributed by atoms with Crippen LogP contribution in [0.15, 0.2) is 0 Å². The van der Waals surface area contributed by atoms with E-state index in [1.54, 1.807) is 0 Å². The van der Waals surface area contributed by atoms with Crippen LogP contribution in [-0.2, 0) is 6.42 Å². The van der Waals surface area contributed by atoms with Gasteiger partial charge in [-0.2, -0.15) is 11.8 Å². The standard InChI is InChI=1S/C12H21N3S2/c1-8(7-16-3)15(2)12-14-11-9(13)5-4-6-10(11)17-12/h8-9H,4-7,13H2,1-3H3. The maximum Gasteiger partial charge on any atom is 0.185 e. The molecule has 3 nitrogen and oxygen atoms in total. The first-order valence-corrected chi connectivity index (χ1v) is 8.31. The lowest BCUT2D eigenvalue weighted by Crippen LogP contribution is -2.30. The van der Waals surface area contributed by atoms with Crippen LogP contribution in [0.1, 0.15) is 36.4 Å². The molecule has 0 amide bonds. The molecule has 96 valence electrons. The van der Waals surface area contributed by atoms with Crippen molar-refractivity contribution in [1.82, 2.24) is 4.98 Å². The second-order valence-electron chi connectivity index (χ2n) is 4.72. The van der Waals surface area contributed by atoms with Gasteiger partial charge in [0.15, 0.2) is 5.13 Å². The van der Waals surface area contributed by atoms with Crippen LogP contribution >= 0.6 is 23.1 Å². The van der Waals surface area contributed by atoms with E-state index in [-0.39, 0.29) is 6.04 Å². The van der Waals surface area contributed by atoms with Crippen LogP contribution in [0.2, 0.25) is 0 Å². The largest absolute Gasteiger partial charge is 0.348 e. The summed E-state index contributed by atoms with van der Waals surface area (Å²) in [6, 6.07) is 0.682. The fourth-order valence-corrected chi connectivity index (χ4v) is 4.07. The number of hydrogen-bond acceptors (Lipinski definition) is 5. The number of anilines is 1. The topological polar surface area (TPSA) is 42.2 Å². The molecule has 0 fully saturated rings. The summed E-state index contributed by atoms with van der Waals surface area (Å²) in [5.74, 6) is 1.13. The van der Waals surface area contributed by atoms with Gasteiger partial charge in [-0.3, -0.25) is 0 Å². The number of rotatable bonds is 4. The van der Waals surface area contributed by atoms with E-state index >= 15 is 0 Å². The molecular formula is C12H21N3S2. The van der Waals surface area contributed by atoms with E-state index in [9.17, 15) is 0 Å². The van der Waals surface area contributed by atoms with Crippen molar-refractivity contribution >= 4 is 28.2 Å². The first kappa shape index (κ1) is 13.2. The fourth-order valence-electron chi connectivity index (χ4n) is 2.13. The van der Waals surface area contributed by atoms with E-state index in [4.69, 9.17) is 10.7 Å². The first-order chi connectivity index (χ1) is 8.13. The van der Waals surface area contributed by atoms with Crippen LogP contribution in [0.5, 0.6) is 0 Å². The van der Waals surface area contributed by atoms with Crippen molar-refractivity contribution in [2.45, 2.75) is 38.3 Å². The van der Waals surface area contributed by atoms with Crippen molar-refractivity contribution in [2.75, 3.05) is 24.0 Å². The minimum absolute atomic E-state index is 0.160. The van der Waals surface area contributed by atoms with Crippen LogP contribution in [0.25, 0.3) is 0 Å². The zero-order chi connectivity index (χ0) is 12.4. The number of hydrogen-bond donors (Lipinski definition) is 1. The van der Waals surface area contributed by atoms with Crippen molar-refractivity contribution in [3.8, 4) is 0 Å². The Labute approximate surface area is 112 Å². The molecule has 0 aliphatic heterocycles. The number of nitrogens with zero attached hydrogens (tertiary/aromatic N) is 2. The molecule has 1 aromatic heterocycles. The number of nitrogens with two attached hydrogens (primary N) is 1. The average molecular weight is 271 g/mol. The Hall–Kier alpha value is -0.260. The first-order valence-electron chi connectivity index (χ1n) is 6.10. The predicted molar refractivity (Wildman–Crippen MR) is 78.2 cm³/mol. The maximum atomic E-state index is 6.12. The van der Waals surface area contributed by atoms with Gasteiger partial charge >= 0.3 is 0 Å². The maximum absolute atomic E-state index is 6.12. The lowest BCUT2D eigenvalue weighted by molar-refractivity contribution is 0.563. The molecule has 2 N–H and O–H groups in total. The van der Waals surface area contributed by atoms with Crippen molar-refractivity contribution in [3.63, 3.8) is 0 Å². The summed E-state index contributed by atoms with van der Waals surface area (Å²) in [6.45, 7) is 2.25. The monoisotopic (exact) mass is 271 g/mol. The average Bonchev–Trinajstić information content (AvgIpc) is 2.73. The summed E-state index contributed by atoms with van der Waals surface area (Å²) in [5.41, 5.74) is 7.27. The van der Waals surface area contributed by atoms with Gasteiger partial charge in [0, 0.05) is 29.8 Å². The molecular weight excluding hydrogens is 250 g/mol. The predicted octanol–water partition coefficient (Wildman–Crippen LogP) is 2.67. The molecule has 5 heteroatoms. The Morgan fingerprint density at radius 3 is 3.06 bits per heavy atom. The quantitative estimate of drug-likeness (QED) is 0.914. The molecule has 0 spiro atoms. The third kappa shape index (κ3) is 2.77. The minimum Gasteiger partial charge on any atom is -0.348 e. The SMILES string of the molecule is CSCC(C)N(C)c1nc2c(s1)CCCC2N. The summed E-state index contributed by atoms with van der Waals surface area (Å²) in [4.78, 5) is 8.43. The zero-order valence-electron chi connectivity index (χ0n) is 10.8. The van der Waals surface area contributed by atoms with Gasteiger partial charge in [0.05, 0.1) is 5.69 Å². The Balaban J connectivity index is 2.17. The molecule has 1 heterocycles. The highest BCUT2D eigenvalue weighted by atomic mass is 32.2. The van der Waals surface area contributed by atoms with E-state index in [0.717, 1.165) is 29.4 Å². The lowest BCUT2D eigenvalue weighted by Gasteiger charge is -2.23. The molecule has 2 unspecified atom stereocenters. The van der Waals surface area contributed by atoms with E-state index in [0.29, 0.717) is 6.04 Å². The van der Waals surface area contributed by atoms with Crippen molar-refractivity contribution in [1.29, 1.82) is 0 Å². The molecule has 2 atom stereocenters. The molecule has 17 heavy (non-hydrogen) atoms. The molecule has 0 saturated heterocycles. The molecule has 1 aromatic rings. The van der Waals surface area contributed by atoms with Crippen LogP contribution < -0.4 is 10.6 Å². The van der Waals surface area contributed by atoms with E-state index in [1.165, 1.54) is 11.3 Å². The zero-order valence-corrected chi connectivity index (χ0v) is 12.4. The van der Waals surface area contributed by atoms with Gasteiger partial charge < -0.3 is 10.6 Å². The number of aryl methyl sites for hydroxylation is 1. The lowest BCUT2D eigenvalue weighted by atomic mass is 9.99. The second-order valence-corrected chi connectivity index (χ2v) is 6.69. The van der Waals surface area contributed by atoms with E-state index in [2.05, 4.69) is 25.1 Å². The minimum atomic E-state index is 0.160.